The Labute approximate surface area is 258 Å². The van der Waals surface area contributed by atoms with Crippen LogP contribution in [-0.4, -0.2) is 26.2 Å². The Morgan fingerprint density at radius 3 is 2.26 bits per heavy atom. The van der Waals surface area contributed by atoms with E-state index in [2.05, 4.69) is 60.1 Å². The van der Waals surface area contributed by atoms with Crippen molar-refractivity contribution >= 4 is 10.0 Å². The minimum absolute atomic E-state index is 0.00271. The second-order valence-electron chi connectivity index (χ2n) is 16.9. The highest BCUT2D eigenvalue weighted by Gasteiger charge is 2.64. The summed E-state index contributed by atoms with van der Waals surface area (Å²) in [5.41, 5.74) is 1.83. The van der Waals surface area contributed by atoms with Crippen LogP contribution in [0.15, 0.2) is 29.2 Å². The van der Waals surface area contributed by atoms with Gasteiger partial charge in [0.15, 0.2) is 0 Å². The van der Waals surface area contributed by atoms with E-state index in [0.29, 0.717) is 63.7 Å². The molecule has 0 radical (unpaired) electrons. The minimum Gasteiger partial charge on any atom is -0.393 e. The number of aliphatic hydroxyl groups excluding tert-OH is 1. The molecule has 238 valence electrons. The molecule has 5 heteroatoms. The Balaban J connectivity index is 1.21. The van der Waals surface area contributed by atoms with Crippen molar-refractivity contribution < 1.29 is 13.5 Å². The Bertz CT molecular complexity index is 1190. The molecular weight excluding hydrogens is 538 g/mol. The molecule has 0 amide bonds. The van der Waals surface area contributed by atoms with E-state index in [1.54, 1.807) is 12.1 Å². The topological polar surface area (TPSA) is 66.4 Å². The van der Waals surface area contributed by atoms with E-state index in [-0.39, 0.29) is 11.5 Å². The smallest absolute Gasteiger partial charge is 0.240 e. The molecule has 0 heterocycles. The molecule has 1 aromatic rings. The van der Waals surface area contributed by atoms with Crippen LogP contribution in [-0.2, 0) is 15.4 Å². The number of hydrogen-bond donors (Lipinski definition) is 2. The van der Waals surface area contributed by atoms with Gasteiger partial charge in [-0.3, -0.25) is 0 Å². The number of aliphatic hydroxyl groups is 1. The van der Waals surface area contributed by atoms with Gasteiger partial charge in [-0.05, 0) is 133 Å². The lowest BCUT2D eigenvalue weighted by molar-refractivity contribution is -0.198. The van der Waals surface area contributed by atoms with E-state index in [0.717, 1.165) is 30.7 Å². The minimum atomic E-state index is -3.49. The monoisotopic (exact) mass is 599 g/mol. The molecule has 5 rings (SSSR count). The van der Waals surface area contributed by atoms with Crippen LogP contribution >= 0.6 is 0 Å². The van der Waals surface area contributed by atoms with Gasteiger partial charge >= 0.3 is 0 Å². The summed E-state index contributed by atoms with van der Waals surface area (Å²) in [4.78, 5) is 0.353. The van der Waals surface area contributed by atoms with Gasteiger partial charge in [0.05, 0.1) is 11.0 Å². The highest BCUT2D eigenvalue weighted by Crippen LogP contribution is 2.69. The molecule has 4 saturated carbocycles. The number of rotatable bonds is 8. The van der Waals surface area contributed by atoms with Gasteiger partial charge in [-0.2, -0.15) is 0 Å². The SMILES string of the molecule is CC[C@@H]1C2C[C@H](C)CCC2(C)[C@H]2CCC3(C)C([C@H](C)CCCNS(=O)(=O)c4ccc(C(C)(C)C)cc4)CC[C@H]3[C@@H]2[C@@H]1O. The zero-order valence-corrected chi connectivity index (χ0v) is 28.8. The quantitative estimate of drug-likeness (QED) is 0.294. The van der Waals surface area contributed by atoms with Crippen molar-refractivity contribution in [3.05, 3.63) is 29.8 Å². The molecule has 11 atom stereocenters. The van der Waals surface area contributed by atoms with Gasteiger partial charge in [-0.25, -0.2) is 13.1 Å². The first-order valence-corrected chi connectivity index (χ1v) is 18.9. The average Bonchev–Trinajstić information content (AvgIpc) is 3.29. The van der Waals surface area contributed by atoms with Gasteiger partial charge < -0.3 is 5.11 Å². The molecule has 42 heavy (non-hydrogen) atoms. The Kier molecular flexibility index (Phi) is 9.12. The van der Waals surface area contributed by atoms with Crippen molar-refractivity contribution in [1.29, 1.82) is 0 Å². The summed E-state index contributed by atoms with van der Waals surface area (Å²) in [6.45, 7) is 19.3. The summed E-state index contributed by atoms with van der Waals surface area (Å²) >= 11 is 0. The summed E-state index contributed by atoms with van der Waals surface area (Å²) in [5.74, 6) is 4.91. The van der Waals surface area contributed by atoms with Crippen molar-refractivity contribution in [2.45, 2.75) is 136 Å². The van der Waals surface area contributed by atoms with E-state index in [1.165, 1.54) is 44.9 Å². The lowest BCUT2D eigenvalue weighted by atomic mass is 9.41. The average molecular weight is 600 g/mol. The third-order valence-corrected chi connectivity index (χ3v) is 15.1. The predicted molar refractivity (Wildman–Crippen MR) is 174 cm³/mol. The van der Waals surface area contributed by atoms with Crippen LogP contribution in [0.2, 0.25) is 0 Å². The molecule has 4 aliphatic carbocycles. The molecule has 0 spiro atoms. The van der Waals surface area contributed by atoms with Gasteiger partial charge in [-0.15, -0.1) is 0 Å². The molecule has 4 nitrogen and oxygen atoms in total. The summed E-state index contributed by atoms with van der Waals surface area (Å²) in [6, 6.07) is 7.34. The van der Waals surface area contributed by atoms with Crippen LogP contribution in [0.4, 0.5) is 0 Å². The van der Waals surface area contributed by atoms with Crippen molar-refractivity contribution in [2.75, 3.05) is 6.54 Å². The summed E-state index contributed by atoms with van der Waals surface area (Å²) in [7, 11) is -3.49. The van der Waals surface area contributed by atoms with Crippen LogP contribution < -0.4 is 4.72 Å². The van der Waals surface area contributed by atoms with Crippen molar-refractivity contribution in [3.63, 3.8) is 0 Å². The zero-order valence-electron chi connectivity index (χ0n) is 28.0. The van der Waals surface area contributed by atoms with Crippen LogP contribution in [0.25, 0.3) is 0 Å². The first-order valence-electron chi connectivity index (χ1n) is 17.4. The van der Waals surface area contributed by atoms with E-state index in [4.69, 9.17) is 0 Å². The van der Waals surface area contributed by atoms with Crippen molar-refractivity contribution in [2.24, 2.45) is 58.2 Å². The number of hydrogen-bond acceptors (Lipinski definition) is 3. The fourth-order valence-corrected chi connectivity index (χ4v) is 12.3. The van der Waals surface area contributed by atoms with Gasteiger partial charge in [-0.1, -0.05) is 80.4 Å². The standard InChI is InChI=1S/C37H61NO3S/c1-9-28-32-23-24(2)18-20-37(32,8)31-19-21-36(7)29(16-17-30(36)33(31)34(28)39)25(3)11-10-22-38-42(40,41)27-14-12-26(13-15-27)35(4,5)6/h12-15,24-25,28-34,38-39H,9-11,16-23H2,1-8H3/t24-,25-,28-,29?,30+,31+,32?,33+,34-,36?,37?/m1/s1. The zero-order chi connectivity index (χ0) is 30.7. The first-order chi connectivity index (χ1) is 19.6. The predicted octanol–water partition coefficient (Wildman–Crippen LogP) is 8.58. The molecule has 0 aromatic heterocycles. The number of fused-ring (bicyclic) bond motifs is 5. The fraction of sp³-hybridized carbons (Fsp3) is 0.838. The van der Waals surface area contributed by atoms with E-state index >= 15 is 0 Å². The van der Waals surface area contributed by atoms with Gasteiger partial charge in [0.2, 0.25) is 10.0 Å². The Morgan fingerprint density at radius 2 is 1.62 bits per heavy atom. The summed E-state index contributed by atoms with van der Waals surface area (Å²) < 4.78 is 28.8. The van der Waals surface area contributed by atoms with E-state index in [1.807, 2.05) is 12.1 Å². The molecular formula is C37H61NO3S. The molecule has 1 aromatic carbocycles. The maximum Gasteiger partial charge on any atom is 0.240 e. The van der Waals surface area contributed by atoms with Gasteiger partial charge in [0.1, 0.15) is 0 Å². The molecule has 4 fully saturated rings. The largest absolute Gasteiger partial charge is 0.393 e. The molecule has 0 aliphatic heterocycles. The first kappa shape index (κ1) is 32.5. The maximum absolute atomic E-state index is 13.0. The Morgan fingerprint density at radius 1 is 0.976 bits per heavy atom. The molecule has 2 N–H and O–H groups in total. The van der Waals surface area contributed by atoms with Crippen LogP contribution in [0.5, 0.6) is 0 Å². The van der Waals surface area contributed by atoms with Gasteiger partial charge in [0, 0.05) is 6.54 Å². The lowest BCUT2D eigenvalue weighted by Crippen LogP contribution is -2.61. The second-order valence-corrected chi connectivity index (χ2v) is 18.6. The van der Waals surface area contributed by atoms with Crippen molar-refractivity contribution in [1.82, 2.24) is 4.72 Å². The fourth-order valence-electron chi connectivity index (χ4n) is 11.2. The normalized spacial score (nSPS) is 41.1. The molecule has 0 bridgehead atoms. The van der Waals surface area contributed by atoms with E-state index in [9.17, 15) is 13.5 Å². The highest BCUT2D eigenvalue weighted by molar-refractivity contribution is 7.89. The second kappa shape index (κ2) is 11.8. The Hall–Kier alpha value is -0.910. The molecule has 4 unspecified atom stereocenters. The highest BCUT2D eigenvalue weighted by atomic mass is 32.2. The third-order valence-electron chi connectivity index (χ3n) is 13.6. The number of nitrogens with one attached hydrogen (secondary N) is 1. The maximum atomic E-state index is 13.0. The lowest BCUT2D eigenvalue weighted by Gasteiger charge is -2.65. The third kappa shape index (κ3) is 5.66. The van der Waals surface area contributed by atoms with Gasteiger partial charge in [0.25, 0.3) is 0 Å². The summed E-state index contributed by atoms with van der Waals surface area (Å²) in [5, 5.41) is 12.0. The molecule has 0 saturated heterocycles. The summed E-state index contributed by atoms with van der Waals surface area (Å²) in [6.07, 6.45) is 12.0. The van der Waals surface area contributed by atoms with Crippen LogP contribution in [0.3, 0.4) is 0 Å². The number of benzene rings is 1. The van der Waals surface area contributed by atoms with E-state index < -0.39 is 10.0 Å². The van der Waals surface area contributed by atoms with Crippen molar-refractivity contribution in [3.8, 4) is 0 Å². The van der Waals surface area contributed by atoms with Crippen LogP contribution in [0.1, 0.15) is 125 Å². The number of sulfonamides is 1. The van der Waals surface area contributed by atoms with Crippen LogP contribution in [0, 0.1) is 58.2 Å². The molecule has 4 aliphatic rings.